The highest BCUT2D eigenvalue weighted by Crippen LogP contribution is 2.26. The Hall–Kier alpha value is -2.47. The van der Waals surface area contributed by atoms with Gasteiger partial charge in [-0.25, -0.2) is 4.79 Å². The zero-order chi connectivity index (χ0) is 17.6. The lowest BCUT2D eigenvalue weighted by Crippen LogP contribution is -2.44. The Kier molecular flexibility index (Phi) is 5.60. The lowest BCUT2D eigenvalue weighted by atomic mass is 9.97. The van der Waals surface area contributed by atoms with E-state index in [9.17, 15) is 9.90 Å². The number of urea groups is 1. The molecule has 0 spiro atoms. The molecule has 134 valence electrons. The van der Waals surface area contributed by atoms with Crippen LogP contribution in [0.15, 0.2) is 47.1 Å². The van der Waals surface area contributed by atoms with E-state index in [1.165, 1.54) is 11.8 Å². The number of hydrogen-bond donors (Lipinski definition) is 3. The van der Waals surface area contributed by atoms with Gasteiger partial charge in [-0.1, -0.05) is 18.2 Å². The Labute approximate surface area is 147 Å². The first kappa shape index (κ1) is 17.4. The SMILES string of the molecule is C[C@H](C[C@@H](O)c1ccco1)NC(=O)NC[C@@H]1COc2ccccc2C1. The van der Waals surface area contributed by atoms with E-state index in [-0.39, 0.29) is 18.0 Å². The summed E-state index contributed by atoms with van der Waals surface area (Å²) < 4.78 is 10.9. The molecule has 1 aliphatic rings. The third-order valence-corrected chi connectivity index (χ3v) is 4.33. The Morgan fingerprint density at radius 1 is 1.32 bits per heavy atom. The number of aliphatic hydroxyl groups is 1. The molecule has 1 aromatic carbocycles. The maximum Gasteiger partial charge on any atom is 0.315 e. The fourth-order valence-electron chi connectivity index (χ4n) is 3.02. The molecule has 1 aliphatic heterocycles. The van der Waals surface area contributed by atoms with Crippen molar-refractivity contribution in [2.45, 2.75) is 31.9 Å². The second-order valence-electron chi connectivity index (χ2n) is 6.51. The molecule has 0 fully saturated rings. The van der Waals surface area contributed by atoms with Crippen LogP contribution in [0.25, 0.3) is 0 Å². The van der Waals surface area contributed by atoms with Crippen molar-refractivity contribution >= 4 is 6.03 Å². The molecule has 3 rings (SSSR count). The van der Waals surface area contributed by atoms with Gasteiger partial charge in [-0.2, -0.15) is 0 Å². The van der Waals surface area contributed by atoms with Gasteiger partial charge in [-0.3, -0.25) is 0 Å². The van der Waals surface area contributed by atoms with Crippen molar-refractivity contribution in [1.29, 1.82) is 0 Å². The van der Waals surface area contributed by atoms with Crippen LogP contribution in [0.2, 0.25) is 0 Å². The molecule has 0 aliphatic carbocycles. The quantitative estimate of drug-likeness (QED) is 0.752. The fraction of sp³-hybridized carbons (Fsp3) is 0.421. The van der Waals surface area contributed by atoms with Gasteiger partial charge in [-0.15, -0.1) is 0 Å². The number of carbonyl (C=O) groups excluding carboxylic acids is 1. The van der Waals surface area contributed by atoms with Crippen molar-refractivity contribution in [2.75, 3.05) is 13.2 Å². The van der Waals surface area contributed by atoms with E-state index in [1.807, 2.05) is 25.1 Å². The summed E-state index contributed by atoms with van der Waals surface area (Å²) in [5.74, 6) is 1.69. The molecule has 25 heavy (non-hydrogen) atoms. The summed E-state index contributed by atoms with van der Waals surface area (Å²) in [5, 5.41) is 15.8. The van der Waals surface area contributed by atoms with E-state index in [2.05, 4.69) is 16.7 Å². The molecule has 0 radical (unpaired) electrons. The van der Waals surface area contributed by atoms with Crippen molar-refractivity contribution < 1.29 is 19.1 Å². The topological polar surface area (TPSA) is 83.7 Å². The highest BCUT2D eigenvalue weighted by Gasteiger charge is 2.21. The maximum atomic E-state index is 12.0. The number of fused-ring (bicyclic) bond motifs is 1. The second kappa shape index (κ2) is 8.07. The van der Waals surface area contributed by atoms with Crippen LogP contribution in [0.5, 0.6) is 5.75 Å². The number of ether oxygens (including phenoxy) is 1. The average Bonchev–Trinajstić information content (AvgIpc) is 3.14. The third kappa shape index (κ3) is 4.76. The van der Waals surface area contributed by atoms with Crippen LogP contribution in [0.4, 0.5) is 4.79 Å². The van der Waals surface area contributed by atoms with Gasteiger partial charge in [0.2, 0.25) is 0 Å². The zero-order valence-corrected chi connectivity index (χ0v) is 14.3. The first-order valence-electron chi connectivity index (χ1n) is 8.58. The molecule has 0 unspecified atom stereocenters. The van der Waals surface area contributed by atoms with Crippen LogP contribution in [-0.2, 0) is 6.42 Å². The summed E-state index contributed by atoms with van der Waals surface area (Å²) in [6.07, 6.45) is 2.08. The first-order chi connectivity index (χ1) is 12.1. The van der Waals surface area contributed by atoms with Crippen LogP contribution < -0.4 is 15.4 Å². The van der Waals surface area contributed by atoms with Gasteiger partial charge >= 0.3 is 6.03 Å². The molecule has 2 amide bonds. The molecular formula is C19H24N2O4. The van der Waals surface area contributed by atoms with Crippen LogP contribution in [0.3, 0.4) is 0 Å². The summed E-state index contributed by atoms with van der Waals surface area (Å²) in [4.78, 5) is 12.0. The van der Waals surface area contributed by atoms with E-state index in [0.29, 0.717) is 25.3 Å². The van der Waals surface area contributed by atoms with Crippen molar-refractivity contribution in [3.8, 4) is 5.75 Å². The van der Waals surface area contributed by atoms with Crippen LogP contribution in [0.1, 0.15) is 30.8 Å². The summed E-state index contributed by atoms with van der Waals surface area (Å²) in [5.41, 5.74) is 1.18. The smallest absolute Gasteiger partial charge is 0.315 e. The molecule has 6 heteroatoms. The molecule has 0 bridgehead atoms. The van der Waals surface area contributed by atoms with Crippen LogP contribution >= 0.6 is 0 Å². The minimum Gasteiger partial charge on any atom is -0.493 e. The van der Waals surface area contributed by atoms with E-state index < -0.39 is 6.10 Å². The number of benzene rings is 1. The molecule has 0 saturated carbocycles. The zero-order valence-electron chi connectivity index (χ0n) is 14.3. The monoisotopic (exact) mass is 344 g/mol. The van der Waals surface area contributed by atoms with E-state index in [4.69, 9.17) is 9.15 Å². The molecule has 2 aromatic rings. The fourth-order valence-corrected chi connectivity index (χ4v) is 3.02. The highest BCUT2D eigenvalue weighted by molar-refractivity contribution is 5.74. The second-order valence-corrected chi connectivity index (χ2v) is 6.51. The van der Waals surface area contributed by atoms with Gasteiger partial charge < -0.3 is 24.9 Å². The normalized spacial score (nSPS) is 18.6. The number of furan rings is 1. The van der Waals surface area contributed by atoms with Gasteiger partial charge in [0.25, 0.3) is 0 Å². The van der Waals surface area contributed by atoms with E-state index in [1.54, 1.807) is 12.1 Å². The van der Waals surface area contributed by atoms with Crippen molar-refractivity contribution in [1.82, 2.24) is 10.6 Å². The number of rotatable bonds is 6. The molecular weight excluding hydrogens is 320 g/mol. The van der Waals surface area contributed by atoms with Crippen LogP contribution in [-0.4, -0.2) is 30.3 Å². The van der Waals surface area contributed by atoms with E-state index in [0.717, 1.165) is 12.2 Å². The van der Waals surface area contributed by atoms with E-state index >= 15 is 0 Å². The minimum absolute atomic E-state index is 0.177. The van der Waals surface area contributed by atoms with Crippen molar-refractivity contribution in [3.63, 3.8) is 0 Å². The number of carbonyl (C=O) groups is 1. The molecule has 0 saturated heterocycles. The predicted molar refractivity (Wildman–Crippen MR) is 93.4 cm³/mol. The number of amides is 2. The molecule has 3 atom stereocenters. The lowest BCUT2D eigenvalue weighted by molar-refractivity contribution is 0.129. The number of hydrogen-bond acceptors (Lipinski definition) is 4. The maximum absolute atomic E-state index is 12.0. The Bertz CT molecular complexity index is 686. The van der Waals surface area contributed by atoms with Gasteiger partial charge in [0.15, 0.2) is 0 Å². The molecule has 6 nitrogen and oxygen atoms in total. The predicted octanol–water partition coefficient (Wildman–Crippen LogP) is 2.64. The third-order valence-electron chi connectivity index (χ3n) is 4.33. The lowest BCUT2D eigenvalue weighted by Gasteiger charge is -2.25. The molecule has 2 heterocycles. The Morgan fingerprint density at radius 2 is 2.16 bits per heavy atom. The number of aliphatic hydroxyl groups excluding tert-OH is 1. The van der Waals surface area contributed by atoms with Gasteiger partial charge in [-0.05, 0) is 37.1 Å². The van der Waals surface area contributed by atoms with Gasteiger partial charge in [0.1, 0.15) is 17.6 Å². The van der Waals surface area contributed by atoms with Crippen molar-refractivity contribution in [2.24, 2.45) is 5.92 Å². The largest absolute Gasteiger partial charge is 0.493 e. The summed E-state index contributed by atoms with van der Waals surface area (Å²) in [7, 11) is 0. The van der Waals surface area contributed by atoms with Gasteiger partial charge in [0, 0.05) is 24.9 Å². The molecule has 1 aromatic heterocycles. The number of nitrogens with one attached hydrogen (secondary N) is 2. The molecule has 3 N–H and O–H groups in total. The van der Waals surface area contributed by atoms with Crippen molar-refractivity contribution in [3.05, 3.63) is 54.0 Å². The summed E-state index contributed by atoms with van der Waals surface area (Å²) in [6.45, 7) is 3.00. The van der Waals surface area contributed by atoms with Crippen LogP contribution in [0, 0.1) is 5.92 Å². The summed E-state index contributed by atoms with van der Waals surface area (Å²) >= 11 is 0. The standard InChI is InChI=1S/C19H24N2O4/c1-13(9-16(22)18-7-4-8-24-18)21-19(23)20-11-14-10-15-5-2-3-6-17(15)25-12-14/h2-8,13-14,16,22H,9-12H2,1H3,(H2,20,21,23)/t13-,14-,16-/m1/s1. The average molecular weight is 344 g/mol. The highest BCUT2D eigenvalue weighted by atomic mass is 16.5. The summed E-state index contributed by atoms with van der Waals surface area (Å²) in [6, 6.07) is 11.0. The Balaban J connectivity index is 1.39. The Morgan fingerprint density at radius 3 is 2.96 bits per heavy atom. The number of para-hydroxylation sites is 1. The van der Waals surface area contributed by atoms with Gasteiger partial charge in [0.05, 0.1) is 12.9 Å². The first-order valence-corrected chi connectivity index (χ1v) is 8.58. The minimum atomic E-state index is -0.728.